The number of rotatable bonds is 5. The average molecular weight is 191 g/mol. The lowest BCUT2D eigenvalue weighted by Crippen LogP contribution is -2.36. The Morgan fingerprint density at radius 3 is 2.67 bits per heavy atom. The summed E-state index contributed by atoms with van der Waals surface area (Å²) in [6.07, 6.45) is 2.66. The Morgan fingerprint density at radius 1 is 1.58 bits per heavy atom. The Kier molecular flexibility index (Phi) is 7.05. The summed E-state index contributed by atoms with van der Waals surface area (Å²) in [7, 11) is 0. The van der Waals surface area contributed by atoms with Crippen molar-refractivity contribution < 1.29 is 9.53 Å². The van der Waals surface area contributed by atoms with Crippen LogP contribution in [0.5, 0.6) is 0 Å². The number of thioether (sulfide) groups is 1. The molecule has 0 saturated heterocycles. The smallest absolute Gasteiger partial charge is 0.407 e. The second kappa shape index (κ2) is 7.28. The van der Waals surface area contributed by atoms with Gasteiger partial charge in [0.05, 0.1) is 6.61 Å². The third-order valence-corrected chi connectivity index (χ3v) is 2.19. The van der Waals surface area contributed by atoms with Crippen molar-refractivity contribution >= 4 is 17.9 Å². The van der Waals surface area contributed by atoms with Gasteiger partial charge in [-0.2, -0.15) is 11.8 Å². The van der Waals surface area contributed by atoms with Gasteiger partial charge in [-0.15, -0.1) is 0 Å². The quantitative estimate of drug-likeness (QED) is 0.721. The summed E-state index contributed by atoms with van der Waals surface area (Å²) in [5.41, 5.74) is 0. The molecular formula is C8H17NO2S. The van der Waals surface area contributed by atoms with Crippen molar-refractivity contribution in [2.75, 3.05) is 18.6 Å². The topological polar surface area (TPSA) is 38.3 Å². The minimum absolute atomic E-state index is 0.235. The van der Waals surface area contributed by atoms with Crippen molar-refractivity contribution in [3.8, 4) is 0 Å². The second-order valence-electron chi connectivity index (χ2n) is 2.43. The molecule has 0 aromatic rings. The molecule has 0 rings (SSSR count). The molecule has 72 valence electrons. The van der Waals surface area contributed by atoms with Gasteiger partial charge < -0.3 is 10.1 Å². The van der Waals surface area contributed by atoms with E-state index in [0.717, 1.165) is 12.2 Å². The first-order valence-corrected chi connectivity index (χ1v) is 5.56. The number of nitrogens with one attached hydrogen (secondary N) is 1. The van der Waals surface area contributed by atoms with Gasteiger partial charge in [0.15, 0.2) is 0 Å². The second-order valence-corrected chi connectivity index (χ2v) is 3.34. The van der Waals surface area contributed by atoms with E-state index in [0.29, 0.717) is 6.61 Å². The molecule has 0 aliphatic heterocycles. The van der Waals surface area contributed by atoms with Gasteiger partial charge in [-0.25, -0.2) is 4.79 Å². The fourth-order valence-electron chi connectivity index (χ4n) is 0.802. The molecule has 0 aliphatic carbocycles. The zero-order valence-electron chi connectivity index (χ0n) is 7.92. The number of hydrogen-bond donors (Lipinski definition) is 1. The van der Waals surface area contributed by atoms with Crippen LogP contribution in [0.25, 0.3) is 0 Å². The van der Waals surface area contributed by atoms with Crippen molar-refractivity contribution in [3.05, 3.63) is 0 Å². The summed E-state index contributed by atoms with van der Waals surface area (Å²) < 4.78 is 4.76. The molecule has 12 heavy (non-hydrogen) atoms. The Hall–Kier alpha value is -0.380. The Balaban J connectivity index is 3.61. The number of carbonyl (C=O) groups excluding carboxylic acids is 1. The summed E-state index contributed by atoms with van der Waals surface area (Å²) in [6, 6.07) is 0.235. The molecule has 4 heteroatoms. The molecule has 0 bridgehead atoms. The molecule has 0 aromatic heterocycles. The van der Waals surface area contributed by atoms with Crippen molar-refractivity contribution in [3.63, 3.8) is 0 Å². The first-order chi connectivity index (χ1) is 5.74. The standard InChI is InChI=1S/C8H17NO2S/c1-4-7(6-12-3)9-8(10)11-5-2/h7H,4-6H2,1-3H3,(H,9,10). The molecule has 1 amide bonds. The summed E-state index contributed by atoms with van der Waals surface area (Å²) in [6.45, 7) is 4.28. The number of carbonyl (C=O) groups is 1. The van der Waals surface area contributed by atoms with Gasteiger partial charge >= 0.3 is 6.09 Å². The van der Waals surface area contributed by atoms with Crippen LogP contribution in [0.15, 0.2) is 0 Å². The Bertz CT molecular complexity index is 130. The minimum atomic E-state index is -0.307. The molecule has 0 fully saturated rings. The highest BCUT2D eigenvalue weighted by atomic mass is 32.2. The van der Waals surface area contributed by atoms with E-state index >= 15 is 0 Å². The molecule has 0 heterocycles. The number of ether oxygens (including phenoxy) is 1. The highest BCUT2D eigenvalue weighted by molar-refractivity contribution is 7.98. The van der Waals surface area contributed by atoms with Crippen LogP contribution in [-0.4, -0.2) is 30.8 Å². The van der Waals surface area contributed by atoms with Crippen LogP contribution in [0.4, 0.5) is 4.79 Å². The van der Waals surface area contributed by atoms with Gasteiger partial charge in [0.25, 0.3) is 0 Å². The summed E-state index contributed by atoms with van der Waals surface area (Å²) in [5.74, 6) is 0.940. The van der Waals surface area contributed by atoms with E-state index < -0.39 is 0 Å². The average Bonchev–Trinajstić information content (AvgIpc) is 2.04. The highest BCUT2D eigenvalue weighted by Crippen LogP contribution is 2.00. The van der Waals surface area contributed by atoms with Crippen LogP contribution in [0.3, 0.4) is 0 Å². The summed E-state index contributed by atoms with van der Waals surface area (Å²) in [4.78, 5) is 10.9. The van der Waals surface area contributed by atoms with Crippen LogP contribution >= 0.6 is 11.8 Å². The van der Waals surface area contributed by atoms with Gasteiger partial charge in [0.2, 0.25) is 0 Å². The lowest BCUT2D eigenvalue weighted by Gasteiger charge is -2.14. The predicted molar refractivity (Wildman–Crippen MR) is 52.6 cm³/mol. The molecule has 0 radical (unpaired) electrons. The van der Waals surface area contributed by atoms with Crippen molar-refractivity contribution in [1.82, 2.24) is 5.32 Å². The zero-order chi connectivity index (χ0) is 9.40. The van der Waals surface area contributed by atoms with Crippen LogP contribution in [-0.2, 0) is 4.74 Å². The largest absolute Gasteiger partial charge is 0.450 e. The maximum Gasteiger partial charge on any atom is 0.407 e. The lowest BCUT2D eigenvalue weighted by molar-refractivity contribution is 0.149. The molecule has 1 unspecified atom stereocenters. The van der Waals surface area contributed by atoms with Crippen LogP contribution in [0.2, 0.25) is 0 Å². The van der Waals surface area contributed by atoms with Crippen LogP contribution in [0, 0.1) is 0 Å². The van der Waals surface area contributed by atoms with E-state index in [1.165, 1.54) is 0 Å². The molecule has 0 spiro atoms. The normalized spacial score (nSPS) is 12.2. The maximum absolute atomic E-state index is 10.9. The first-order valence-electron chi connectivity index (χ1n) is 4.16. The molecule has 1 N–H and O–H groups in total. The van der Waals surface area contributed by atoms with E-state index in [1.807, 2.05) is 13.2 Å². The van der Waals surface area contributed by atoms with Crippen molar-refractivity contribution in [1.29, 1.82) is 0 Å². The third-order valence-electron chi connectivity index (χ3n) is 1.46. The first kappa shape index (κ1) is 11.6. The highest BCUT2D eigenvalue weighted by Gasteiger charge is 2.08. The SMILES string of the molecule is CCOC(=O)NC(CC)CSC. The fraction of sp³-hybridized carbons (Fsp3) is 0.875. The Labute approximate surface area is 78.2 Å². The van der Waals surface area contributed by atoms with E-state index in [4.69, 9.17) is 4.74 Å². The number of amides is 1. The molecular weight excluding hydrogens is 174 g/mol. The van der Waals surface area contributed by atoms with Gasteiger partial charge in [-0.05, 0) is 19.6 Å². The summed E-state index contributed by atoms with van der Waals surface area (Å²) >= 11 is 1.72. The van der Waals surface area contributed by atoms with Gasteiger partial charge in [0.1, 0.15) is 0 Å². The fourth-order valence-corrected chi connectivity index (χ4v) is 1.52. The van der Waals surface area contributed by atoms with E-state index in [1.54, 1.807) is 18.7 Å². The van der Waals surface area contributed by atoms with Gasteiger partial charge in [-0.1, -0.05) is 6.92 Å². The predicted octanol–water partition coefficient (Wildman–Crippen LogP) is 1.87. The monoisotopic (exact) mass is 191 g/mol. The van der Waals surface area contributed by atoms with Crippen molar-refractivity contribution in [2.24, 2.45) is 0 Å². The molecule has 0 saturated carbocycles. The number of alkyl carbamates (subject to hydrolysis) is 1. The molecule has 0 aliphatic rings. The minimum Gasteiger partial charge on any atom is -0.450 e. The van der Waals surface area contributed by atoms with Gasteiger partial charge in [-0.3, -0.25) is 0 Å². The van der Waals surface area contributed by atoms with Crippen molar-refractivity contribution in [2.45, 2.75) is 26.3 Å². The van der Waals surface area contributed by atoms with Crippen LogP contribution < -0.4 is 5.32 Å². The van der Waals surface area contributed by atoms with E-state index in [-0.39, 0.29) is 12.1 Å². The molecule has 3 nitrogen and oxygen atoms in total. The van der Waals surface area contributed by atoms with E-state index in [9.17, 15) is 4.79 Å². The Morgan fingerprint density at radius 2 is 2.25 bits per heavy atom. The lowest BCUT2D eigenvalue weighted by atomic mass is 10.3. The summed E-state index contributed by atoms with van der Waals surface area (Å²) in [5, 5.41) is 2.79. The molecule has 0 aromatic carbocycles. The van der Waals surface area contributed by atoms with Crippen LogP contribution in [0.1, 0.15) is 20.3 Å². The zero-order valence-corrected chi connectivity index (χ0v) is 8.74. The third kappa shape index (κ3) is 5.29. The maximum atomic E-state index is 10.9. The number of hydrogen-bond acceptors (Lipinski definition) is 3. The van der Waals surface area contributed by atoms with Gasteiger partial charge in [0, 0.05) is 11.8 Å². The molecule has 1 atom stereocenters. The van der Waals surface area contributed by atoms with E-state index in [2.05, 4.69) is 5.32 Å².